The molecule has 5 nitrogen and oxygen atoms in total. The van der Waals surface area contributed by atoms with Crippen LogP contribution in [-0.4, -0.2) is 21.3 Å². The highest BCUT2D eigenvalue weighted by atomic mass is 16.2. The van der Waals surface area contributed by atoms with E-state index in [1.165, 1.54) is 10.8 Å². The zero-order valence-corrected chi connectivity index (χ0v) is 26.1. The summed E-state index contributed by atoms with van der Waals surface area (Å²) in [6.07, 6.45) is 0.761. The second-order valence-corrected chi connectivity index (χ2v) is 12.3. The molecule has 0 fully saturated rings. The summed E-state index contributed by atoms with van der Waals surface area (Å²) in [4.78, 5) is 26.4. The van der Waals surface area contributed by atoms with Crippen LogP contribution >= 0.6 is 0 Å². The van der Waals surface area contributed by atoms with Gasteiger partial charge in [0.15, 0.2) is 6.29 Å². The van der Waals surface area contributed by atoms with Crippen LogP contribution in [0.5, 0.6) is 0 Å². The van der Waals surface area contributed by atoms with Gasteiger partial charge in [0.05, 0.1) is 33.3 Å². The molecule has 2 aromatic heterocycles. The van der Waals surface area contributed by atoms with Gasteiger partial charge in [-0.25, -0.2) is 0 Å². The number of rotatable bonds is 5. The Morgan fingerprint density at radius 1 is 0.583 bits per heavy atom. The average Bonchev–Trinajstić information content (AvgIpc) is 3.65. The maximum atomic E-state index is 14.0. The molecule has 5 heteroatoms. The highest BCUT2D eigenvalue weighted by Crippen LogP contribution is 2.43. The fourth-order valence-corrected chi connectivity index (χ4v) is 7.29. The molecular formula is C43H29N3O2. The van der Waals surface area contributed by atoms with E-state index in [0.29, 0.717) is 22.5 Å². The number of hydrogen-bond donors (Lipinski definition) is 1. The molecule has 228 valence electrons. The molecule has 0 radical (unpaired) electrons. The maximum Gasteiger partial charge on any atom is 0.258 e. The third kappa shape index (κ3) is 4.18. The number of nitrogens with one attached hydrogen (secondary N) is 1. The van der Waals surface area contributed by atoms with Crippen LogP contribution in [-0.2, 0) is 0 Å². The molecule has 0 aliphatic carbocycles. The Morgan fingerprint density at radius 2 is 1.21 bits per heavy atom. The van der Waals surface area contributed by atoms with E-state index in [4.69, 9.17) is 0 Å². The van der Waals surface area contributed by atoms with E-state index < -0.39 is 0 Å². The molecule has 0 aliphatic heterocycles. The normalized spacial score (nSPS) is 11.6. The first-order valence-electron chi connectivity index (χ1n) is 16.0. The number of hydrogen-bond acceptors (Lipinski definition) is 2. The fourth-order valence-electron chi connectivity index (χ4n) is 7.29. The van der Waals surface area contributed by atoms with Crippen LogP contribution in [0.4, 0.5) is 5.69 Å². The summed E-state index contributed by atoms with van der Waals surface area (Å²) < 4.78 is 4.47. The Balaban J connectivity index is 1.35. The minimum atomic E-state index is -0.337. The standard InChI is InChI=1S/C43H29N3O2/c1-27-17-20-31(21-18-27)44-43(48)40-30(26-47)11-8-16-37(40)46-36-15-7-5-13-34(36)42-39(46)24-23-38-41(42)33-12-4-6-14-35(33)45(38)32-22-19-28-9-2-3-10-29(28)25-32/h2-26H,1H3,(H,44,48). The zero-order valence-electron chi connectivity index (χ0n) is 26.1. The van der Waals surface area contributed by atoms with Crippen molar-refractivity contribution in [3.8, 4) is 11.4 Å². The van der Waals surface area contributed by atoms with Gasteiger partial charge in [0, 0.05) is 38.5 Å². The van der Waals surface area contributed by atoms with Gasteiger partial charge in [-0.3, -0.25) is 9.59 Å². The third-order valence-corrected chi connectivity index (χ3v) is 9.44. The first-order chi connectivity index (χ1) is 23.6. The van der Waals surface area contributed by atoms with Gasteiger partial charge in [-0.15, -0.1) is 0 Å². The lowest BCUT2D eigenvalue weighted by Crippen LogP contribution is -2.17. The Morgan fingerprint density at radius 3 is 1.92 bits per heavy atom. The SMILES string of the molecule is Cc1ccc(NC(=O)c2c(C=O)cccc2-n2c3ccccc3c3c4c5ccccc5n(-c5ccc6ccccc6c5)c4ccc32)cc1. The Hall–Kier alpha value is -6.46. The van der Waals surface area contributed by atoms with Crippen molar-refractivity contribution in [1.29, 1.82) is 0 Å². The summed E-state index contributed by atoms with van der Waals surface area (Å²) in [6, 6.07) is 49.3. The van der Waals surface area contributed by atoms with E-state index in [1.54, 1.807) is 6.07 Å². The molecule has 9 rings (SSSR count). The van der Waals surface area contributed by atoms with Crippen LogP contribution in [0.15, 0.2) is 146 Å². The van der Waals surface area contributed by atoms with Gasteiger partial charge >= 0.3 is 0 Å². The number of carbonyl (C=O) groups is 2. The minimum absolute atomic E-state index is 0.328. The largest absolute Gasteiger partial charge is 0.322 e. The average molecular weight is 620 g/mol. The van der Waals surface area contributed by atoms with Crippen LogP contribution in [0.1, 0.15) is 26.3 Å². The second-order valence-electron chi connectivity index (χ2n) is 12.3. The second kappa shape index (κ2) is 10.8. The Labute approximate surface area is 276 Å². The molecule has 0 saturated heterocycles. The molecular weight excluding hydrogens is 590 g/mol. The Kier molecular flexibility index (Phi) is 6.27. The van der Waals surface area contributed by atoms with Gasteiger partial charge in [-0.05, 0) is 72.3 Å². The monoisotopic (exact) mass is 619 g/mol. The summed E-state index contributed by atoms with van der Waals surface area (Å²) in [7, 11) is 0. The molecule has 1 amide bonds. The number of fused-ring (bicyclic) bond motifs is 8. The van der Waals surface area contributed by atoms with Crippen molar-refractivity contribution in [1.82, 2.24) is 9.13 Å². The number of aldehydes is 1. The van der Waals surface area contributed by atoms with Gasteiger partial charge < -0.3 is 14.5 Å². The van der Waals surface area contributed by atoms with Crippen LogP contribution < -0.4 is 5.32 Å². The molecule has 0 spiro atoms. The molecule has 0 aliphatic rings. The molecule has 48 heavy (non-hydrogen) atoms. The fraction of sp³-hybridized carbons (Fsp3) is 0.0233. The topological polar surface area (TPSA) is 56.0 Å². The maximum absolute atomic E-state index is 14.0. The van der Waals surface area contributed by atoms with Crippen molar-refractivity contribution in [2.24, 2.45) is 0 Å². The lowest BCUT2D eigenvalue weighted by Gasteiger charge is -2.16. The number of aromatic nitrogens is 2. The van der Waals surface area contributed by atoms with Gasteiger partial charge in [0.2, 0.25) is 0 Å². The van der Waals surface area contributed by atoms with Gasteiger partial charge in [-0.1, -0.05) is 96.6 Å². The summed E-state index contributed by atoms with van der Waals surface area (Å²) in [5.41, 5.74) is 8.29. The van der Waals surface area contributed by atoms with Crippen molar-refractivity contribution in [2.75, 3.05) is 5.32 Å². The number of amides is 1. The molecule has 0 saturated carbocycles. The smallest absolute Gasteiger partial charge is 0.258 e. The lowest BCUT2D eigenvalue weighted by atomic mass is 10.0. The quantitative estimate of drug-likeness (QED) is 0.195. The summed E-state index contributed by atoms with van der Waals surface area (Å²) in [6.45, 7) is 2.00. The van der Waals surface area contributed by atoms with Crippen molar-refractivity contribution in [2.45, 2.75) is 6.92 Å². The molecule has 0 unspecified atom stereocenters. The van der Waals surface area contributed by atoms with Gasteiger partial charge in [0.1, 0.15) is 0 Å². The van der Waals surface area contributed by atoms with Crippen molar-refractivity contribution in [3.63, 3.8) is 0 Å². The highest BCUT2D eigenvalue weighted by Gasteiger charge is 2.24. The van der Waals surface area contributed by atoms with E-state index in [2.05, 4.69) is 112 Å². The van der Waals surface area contributed by atoms with E-state index >= 15 is 0 Å². The van der Waals surface area contributed by atoms with Gasteiger partial charge in [-0.2, -0.15) is 0 Å². The first kappa shape index (κ1) is 27.8. The van der Waals surface area contributed by atoms with E-state index in [0.717, 1.165) is 61.1 Å². The number of carbonyl (C=O) groups excluding carboxylic acids is 2. The van der Waals surface area contributed by atoms with Crippen molar-refractivity contribution < 1.29 is 9.59 Å². The van der Waals surface area contributed by atoms with Crippen LogP contribution in [0.25, 0.3) is 65.8 Å². The predicted molar refractivity (Wildman–Crippen MR) is 197 cm³/mol. The predicted octanol–water partition coefficient (Wildman–Crippen LogP) is 10.4. The van der Waals surface area contributed by atoms with Crippen LogP contribution in [0.3, 0.4) is 0 Å². The number of aryl methyl sites for hydroxylation is 1. The molecule has 1 N–H and O–H groups in total. The highest BCUT2D eigenvalue weighted by molar-refractivity contribution is 6.29. The summed E-state index contributed by atoms with van der Waals surface area (Å²) in [5, 5.41) is 9.87. The van der Waals surface area contributed by atoms with E-state index in [1.807, 2.05) is 49.4 Å². The van der Waals surface area contributed by atoms with Crippen LogP contribution in [0.2, 0.25) is 0 Å². The Bertz CT molecular complexity index is 2750. The summed E-state index contributed by atoms with van der Waals surface area (Å²) >= 11 is 0. The molecule has 0 atom stereocenters. The number of benzene rings is 7. The molecule has 9 aromatic rings. The van der Waals surface area contributed by atoms with Gasteiger partial charge in [0.25, 0.3) is 5.91 Å². The third-order valence-electron chi connectivity index (χ3n) is 9.44. The van der Waals surface area contributed by atoms with E-state index in [-0.39, 0.29) is 5.91 Å². The van der Waals surface area contributed by atoms with Crippen LogP contribution in [0, 0.1) is 6.92 Å². The zero-order chi connectivity index (χ0) is 32.4. The summed E-state index contributed by atoms with van der Waals surface area (Å²) in [5.74, 6) is -0.337. The number of anilines is 1. The lowest BCUT2D eigenvalue weighted by molar-refractivity contribution is 0.101. The molecule has 0 bridgehead atoms. The minimum Gasteiger partial charge on any atom is -0.322 e. The number of nitrogens with zero attached hydrogens (tertiary/aromatic N) is 2. The first-order valence-corrected chi connectivity index (χ1v) is 16.0. The van der Waals surface area contributed by atoms with Crippen molar-refractivity contribution >= 4 is 72.3 Å². The molecule has 2 heterocycles. The number of para-hydroxylation sites is 2. The molecule has 7 aromatic carbocycles. The van der Waals surface area contributed by atoms with E-state index in [9.17, 15) is 9.59 Å². The van der Waals surface area contributed by atoms with Crippen molar-refractivity contribution in [3.05, 3.63) is 162 Å².